The first-order chi connectivity index (χ1) is 8.58. The summed E-state index contributed by atoms with van der Waals surface area (Å²) in [6.07, 6.45) is 0. The first-order valence-corrected chi connectivity index (χ1v) is 5.68. The van der Waals surface area contributed by atoms with Crippen LogP contribution in [0.3, 0.4) is 0 Å². The monoisotopic (exact) mass is 264 g/mol. The molecule has 2 rings (SSSR count). The van der Waals surface area contributed by atoms with Crippen molar-refractivity contribution in [1.29, 1.82) is 0 Å². The van der Waals surface area contributed by atoms with E-state index in [1.165, 1.54) is 18.2 Å². The molecular formula is C14H10ClFO2. The Morgan fingerprint density at radius 3 is 2.67 bits per heavy atom. The van der Waals surface area contributed by atoms with Gasteiger partial charge in [-0.3, -0.25) is 0 Å². The molecule has 2 nitrogen and oxygen atoms in total. The summed E-state index contributed by atoms with van der Waals surface area (Å²) >= 11 is 5.60. The summed E-state index contributed by atoms with van der Waals surface area (Å²) in [7, 11) is 0. The molecule has 2 aromatic carbocycles. The van der Waals surface area contributed by atoms with Gasteiger partial charge in [-0.2, -0.15) is 0 Å². The van der Waals surface area contributed by atoms with E-state index in [0.717, 1.165) is 5.56 Å². The Bertz CT molecular complexity index is 596. The zero-order valence-electron chi connectivity index (χ0n) is 9.61. The average molecular weight is 265 g/mol. The molecule has 0 aromatic heterocycles. The number of rotatable bonds is 2. The van der Waals surface area contributed by atoms with E-state index >= 15 is 0 Å². The third kappa shape index (κ3) is 2.68. The molecule has 0 aliphatic carbocycles. The Balaban J connectivity index is 2.25. The highest BCUT2D eigenvalue weighted by molar-refractivity contribution is 6.31. The largest absolute Gasteiger partial charge is 0.423 e. The number of halogens is 2. The van der Waals surface area contributed by atoms with Crippen molar-refractivity contribution in [3.05, 3.63) is 64.4 Å². The second-order valence-corrected chi connectivity index (χ2v) is 4.21. The van der Waals surface area contributed by atoms with Crippen molar-refractivity contribution in [2.75, 3.05) is 0 Å². The van der Waals surface area contributed by atoms with Crippen LogP contribution in [0.2, 0.25) is 5.02 Å². The van der Waals surface area contributed by atoms with Crippen molar-refractivity contribution in [2.24, 2.45) is 0 Å². The van der Waals surface area contributed by atoms with E-state index in [9.17, 15) is 9.18 Å². The summed E-state index contributed by atoms with van der Waals surface area (Å²) in [6, 6.07) is 11.2. The first kappa shape index (κ1) is 12.6. The van der Waals surface area contributed by atoms with Crippen LogP contribution in [0.4, 0.5) is 4.39 Å². The average Bonchev–Trinajstić information content (AvgIpc) is 2.32. The van der Waals surface area contributed by atoms with Gasteiger partial charge in [0.15, 0.2) is 5.82 Å². The molecular weight excluding hydrogens is 255 g/mol. The third-order valence-electron chi connectivity index (χ3n) is 2.37. The third-order valence-corrected chi connectivity index (χ3v) is 2.66. The summed E-state index contributed by atoms with van der Waals surface area (Å²) in [5, 5.41) is -0.103. The van der Waals surface area contributed by atoms with Gasteiger partial charge in [-0.1, -0.05) is 29.8 Å². The van der Waals surface area contributed by atoms with Crippen LogP contribution in [0.1, 0.15) is 15.9 Å². The molecule has 0 N–H and O–H groups in total. The second-order valence-electron chi connectivity index (χ2n) is 3.81. The molecule has 0 bridgehead atoms. The SMILES string of the molecule is Cc1cccc(OC(=O)c2cccc(Cl)c2F)c1. The van der Waals surface area contributed by atoms with E-state index in [1.54, 1.807) is 18.2 Å². The maximum absolute atomic E-state index is 13.6. The van der Waals surface area contributed by atoms with Gasteiger partial charge >= 0.3 is 5.97 Å². The fourth-order valence-electron chi connectivity index (χ4n) is 1.50. The Labute approximate surface area is 109 Å². The zero-order valence-corrected chi connectivity index (χ0v) is 10.4. The molecule has 0 aliphatic heterocycles. The van der Waals surface area contributed by atoms with Crippen LogP contribution in [-0.2, 0) is 0 Å². The minimum atomic E-state index is -0.767. The topological polar surface area (TPSA) is 26.3 Å². The van der Waals surface area contributed by atoms with Crippen molar-refractivity contribution < 1.29 is 13.9 Å². The van der Waals surface area contributed by atoms with Crippen molar-refractivity contribution in [3.8, 4) is 5.75 Å². The fourth-order valence-corrected chi connectivity index (χ4v) is 1.68. The quantitative estimate of drug-likeness (QED) is 0.605. The Kier molecular flexibility index (Phi) is 3.63. The molecule has 0 saturated heterocycles. The number of carbonyl (C=O) groups excluding carboxylic acids is 1. The van der Waals surface area contributed by atoms with Gasteiger partial charge in [0.2, 0.25) is 0 Å². The van der Waals surface area contributed by atoms with Crippen LogP contribution < -0.4 is 4.74 Å². The number of carbonyl (C=O) groups is 1. The number of benzene rings is 2. The van der Waals surface area contributed by atoms with E-state index in [0.29, 0.717) is 5.75 Å². The van der Waals surface area contributed by atoms with Gasteiger partial charge in [0.25, 0.3) is 0 Å². The maximum Gasteiger partial charge on any atom is 0.346 e. The predicted molar refractivity (Wildman–Crippen MR) is 67.5 cm³/mol. The minimum Gasteiger partial charge on any atom is -0.423 e. The molecule has 4 heteroatoms. The van der Waals surface area contributed by atoms with Crippen LogP contribution in [0, 0.1) is 12.7 Å². The normalized spacial score (nSPS) is 10.2. The van der Waals surface area contributed by atoms with Crippen LogP contribution in [0.25, 0.3) is 0 Å². The standard InChI is InChI=1S/C14H10ClFO2/c1-9-4-2-5-10(8-9)18-14(17)11-6-3-7-12(15)13(11)16/h2-8H,1H3. The minimum absolute atomic E-state index is 0.103. The van der Waals surface area contributed by atoms with E-state index in [2.05, 4.69) is 0 Å². The van der Waals surface area contributed by atoms with Crippen LogP contribution in [0.15, 0.2) is 42.5 Å². The second kappa shape index (κ2) is 5.19. The molecule has 2 aromatic rings. The Morgan fingerprint density at radius 1 is 1.22 bits per heavy atom. The summed E-state index contributed by atoms with van der Waals surface area (Å²) in [4.78, 5) is 11.8. The lowest BCUT2D eigenvalue weighted by Crippen LogP contribution is -2.10. The van der Waals surface area contributed by atoms with Gasteiger partial charge < -0.3 is 4.74 Å². The Hall–Kier alpha value is -1.87. The lowest BCUT2D eigenvalue weighted by atomic mass is 10.2. The van der Waals surface area contributed by atoms with E-state index in [1.807, 2.05) is 13.0 Å². The lowest BCUT2D eigenvalue weighted by Gasteiger charge is -2.06. The van der Waals surface area contributed by atoms with Gasteiger partial charge in [0, 0.05) is 0 Å². The van der Waals surface area contributed by atoms with Crippen LogP contribution >= 0.6 is 11.6 Å². The molecule has 0 heterocycles. The predicted octanol–water partition coefficient (Wildman–Crippen LogP) is 4.01. The number of aryl methyl sites for hydroxylation is 1. The lowest BCUT2D eigenvalue weighted by molar-refractivity contribution is 0.0730. The molecule has 0 unspecified atom stereocenters. The summed E-state index contributed by atoms with van der Waals surface area (Å²) in [5.74, 6) is -1.16. The van der Waals surface area contributed by atoms with Crippen LogP contribution in [0.5, 0.6) is 5.75 Å². The molecule has 92 valence electrons. The summed E-state index contributed by atoms with van der Waals surface area (Å²) in [6.45, 7) is 1.87. The number of hydrogen-bond acceptors (Lipinski definition) is 2. The van der Waals surface area contributed by atoms with E-state index in [4.69, 9.17) is 16.3 Å². The van der Waals surface area contributed by atoms with Gasteiger partial charge in [-0.25, -0.2) is 9.18 Å². The number of ether oxygens (including phenoxy) is 1. The molecule has 0 saturated carbocycles. The number of esters is 1. The van der Waals surface area contributed by atoms with Crippen molar-refractivity contribution in [3.63, 3.8) is 0 Å². The highest BCUT2D eigenvalue weighted by Gasteiger charge is 2.16. The molecule has 0 atom stereocenters. The highest BCUT2D eigenvalue weighted by atomic mass is 35.5. The van der Waals surface area contributed by atoms with E-state index < -0.39 is 11.8 Å². The van der Waals surface area contributed by atoms with Crippen LogP contribution in [-0.4, -0.2) is 5.97 Å². The van der Waals surface area contributed by atoms with Crippen molar-refractivity contribution >= 4 is 17.6 Å². The number of hydrogen-bond donors (Lipinski definition) is 0. The van der Waals surface area contributed by atoms with E-state index in [-0.39, 0.29) is 10.6 Å². The van der Waals surface area contributed by atoms with Crippen molar-refractivity contribution in [2.45, 2.75) is 6.92 Å². The van der Waals surface area contributed by atoms with Gasteiger partial charge in [0.05, 0.1) is 10.6 Å². The zero-order chi connectivity index (χ0) is 13.1. The smallest absolute Gasteiger partial charge is 0.346 e. The molecule has 0 fully saturated rings. The summed E-state index contributed by atoms with van der Waals surface area (Å²) in [5.41, 5.74) is 0.774. The van der Waals surface area contributed by atoms with Gasteiger partial charge in [-0.15, -0.1) is 0 Å². The maximum atomic E-state index is 13.6. The highest BCUT2D eigenvalue weighted by Crippen LogP contribution is 2.20. The first-order valence-electron chi connectivity index (χ1n) is 5.31. The molecule has 0 amide bonds. The molecule has 0 radical (unpaired) electrons. The Morgan fingerprint density at radius 2 is 1.94 bits per heavy atom. The fraction of sp³-hybridized carbons (Fsp3) is 0.0714. The van der Waals surface area contributed by atoms with Crippen molar-refractivity contribution in [1.82, 2.24) is 0 Å². The van der Waals surface area contributed by atoms with Gasteiger partial charge in [-0.05, 0) is 36.8 Å². The summed E-state index contributed by atoms with van der Waals surface area (Å²) < 4.78 is 18.7. The molecule has 0 aliphatic rings. The van der Waals surface area contributed by atoms with Gasteiger partial charge in [0.1, 0.15) is 5.75 Å². The molecule has 18 heavy (non-hydrogen) atoms. The molecule has 0 spiro atoms.